The van der Waals surface area contributed by atoms with Crippen LogP contribution >= 0.6 is 0 Å². The molecule has 1 fully saturated rings. The van der Waals surface area contributed by atoms with Crippen molar-refractivity contribution in [3.63, 3.8) is 0 Å². The molecule has 0 saturated heterocycles. The van der Waals surface area contributed by atoms with Crippen molar-refractivity contribution in [2.75, 3.05) is 0 Å². The van der Waals surface area contributed by atoms with Crippen molar-refractivity contribution in [1.29, 1.82) is 0 Å². The predicted octanol–water partition coefficient (Wildman–Crippen LogP) is 4.99. The van der Waals surface area contributed by atoms with Crippen LogP contribution < -0.4 is 0 Å². The van der Waals surface area contributed by atoms with Crippen LogP contribution in [0.15, 0.2) is 55.1 Å². The van der Waals surface area contributed by atoms with Crippen LogP contribution in [0.5, 0.6) is 0 Å². The van der Waals surface area contributed by atoms with E-state index in [0.29, 0.717) is 35.4 Å². The molecule has 36 heavy (non-hydrogen) atoms. The summed E-state index contributed by atoms with van der Waals surface area (Å²) in [7, 11) is 1.74. The first-order valence-corrected chi connectivity index (χ1v) is 11.6. The molecular weight excluding hydrogens is 464 g/mol. The summed E-state index contributed by atoms with van der Waals surface area (Å²) in [5, 5.41) is 13.8. The fraction of sp³-hybridized carbons (Fsp3) is 0.296. The van der Waals surface area contributed by atoms with E-state index in [9.17, 15) is 14.3 Å². The van der Waals surface area contributed by atoms with Gasteiger partial charge in [0.05, 0.1) is 34.9 Å². The fourth-order valence-corrected chi connectivity index (χ4v) is 4.35. The van der Waals surface area contributed by atoms with Gasteiger partial charge in [-0.2, -0.15) is 5.10 Å². The number of carboxylic acid groups (broad SMARTS) is 1. The van der Waals surface area contributed by atoms with Crippen molar-refractivity contribution >= 4 is 5.97 Å². The molecule has 4 aromatic rings. The van der Waals surface area contributed by atoms with Crippen molar-refractivity contribution in [2.45, 2.75) is 44.2 Å². The average molecular weight is 490 g/mol. The molecule has 9 heteroatoms. The summed E-state index contributed by atoms with van der Waals surface area (Å²) in [6.45, 7) is 2.83. The van der Waals surface area contributed by atoms with E-state index < -0.39 is 22.9 Å². The average Bonchev–Trinajstić information content (AvgIpc) is 3.59. The number of alkyl halides is 1. The van der Waals surface area contributed by atoms with Gasteiger partial charge < -0.3 is 5.11 Å². The van der Waals surface area contributed by atoms with E-state index in [4.69, 9.17) is 0 Å². The number of hydrogen-bond donors (Lipinski definition) is 1. The molecular formula is C27H25F2N5O2. The predicted molar refractivity (Wildman–Crippen MR) is 129 cm³/mol. The SMILES string of the molecule is Cn1ncc(-c2ncc(-c3ccc(C4(C(=O)O)CC4)cc3)cc2F)c1Cc1cncc(C(C)(C)F)n1. The molecule has 1 aromatic carbocycles. The third-order valence-electron chi connectivity index (χ3n) is 6.73. The normalized spacial score (nSPS) is 14.6. The molecule has 0 radical (unpaired) electrons. The van der Waals surface area contributed by atoms with Gasteiger partial charge in [0, 0.05) is 37.0 Å². The van der Waals surface area contributed by atoms with Crippen molar-refractivity contribution in [1.82, 2.24) is 24.7 Å². The van der Waals surface area contributed by atoms with Crippen LogP contribution in [-0.4, -0.2) is 35.8 Å². The second kappa shape index (κ2) is 8.58. The number of pyridine rings is 1. The zero-order valence-electron chi connectivity index (χ0n) is 20.2. The first kappa shape index (κ1) is 23.7. The van der Waals surface area contributed by atoms with Gasteiger partial charge in [0.25, 0.3) is 0 Å². The summed E-state index contributed by atoms with van der Waals surface area (Å²) in [5.74, 6) is -1.33. The smallest absolute Gasteiger partial charge is 0.314 e. The van der Waals surface area contributed by atoms with Gasteiger partial charge in [-0.1, -0.05) is 24.3 Å². The van der Waals surface area contributed by atoms with Gasteiger partial charge in [0.15, 0.2) is 0 Å². The summed E-state index contributed by atoms with van der Waals surface area (Å²) >= 11 is 0. The molecule has 0 amide bonds. The van der Waals surface area contributed by atoms with Gasteiger partial charge in [-0.15, -0.1) is 0 Å². The number of halogens is 2. The molecule has 1 aliphatic rings. The van der Waals surface area contributed by atoms with Crippen LogP contribution in [0.1, 0.15) is 49.3 Å². The largest absolute Gasteiger partial charge is 0.481 e. The Labute approximate surface area is 206 Å². The molecule has 0 unspecified atom stereocenters. The third kappa shape index (κ3) is 4.25. The van der Waals surface area contributed by atoms with Crippen molar-refractivity contribution < 1.29 is 18.7 Å². The summed E-state index contributed by atoms with van der Waals surface area (Å²) in [6.07, 6.45) is 7.61. The quantitative estimate of drug-likeness (QED) is 0.393. The standard InChI is InChI=1S/C27H25F2N5O2/c1-26(2,29)23-15-30-13-19(33-23)11-22-20(14-32-34(22)3)24-21(28)10-17(12-31-24)16-4-6-18(7-5-16)27(8-9-27)25(35)36/h4-7,10,12-15H,8-9,11H2,1-3H3,(H,35,36). The number of aliphatic carboxylic acids is 1. The highest BCUT2D eigenvalue weighted by Gasteiger charge is 2.51. The van der Waals surface area contributed by atoms with Crippen molar-refractivity contribution in [3.05, 3.63) is 83.6 Å². The molecule has 1 N–H and O–H groups in total. The Kier molecular flexibility index (Phi) is 5.65. The molecule has 7 nitrogen and oxygen atoms in total. The van der Waals surface area contributed by atoms with Gasteiger partial charge >= 0.3 is 5.97 Å². The highest BCUT2D eigenvalue weighted by molar-refractivity contribution is 5.85. The maximum atomic E-state index is 15.3. The number of rotatable bonds is 7. The molecule has 3 heterocycles. The molecule has 184 valence electrons. The van der Waals surface area contributed by atoms with E-state index >= 15 is 4.39 Å². The lowest BCUT2D eigenvalue weighted by Crippen LogP contribution is -2.19. The van der Waals surface area contributed by atoms with Crippen LogP contribution in [-0.2, 0) is 29.3 Å². The number of hydrogen-bond acceptors (Lipinski definition) is 5. The lowest BCUT2D eigenvalue weighted by atomic mass is 9.94. The Bertz CT molecular complexity index is 1450. The molecule has 1 aliphatic carbocycles. The highest BCUT2D eigenvalue weighted by Crippen LogP contribution is 2.48. The van der Waals surface area contributed by atoms with Crippen LogP contribution in [0.2, 0.25) is 0 Å². The zero-order chi connectivity index (χ0) is 25.7. The van der Waals surface area contributed by atoms with E-state index in [1.807, 2.05) is 0 Å². The van der Waals surface area contributed by atoms with Gasteiger partial charge in [-0.25, -0.2) is 8.78 Å². The van der Waals surface area contributed by atoms with Gasteiger partial charge in [-0.3, -0.25) is 24.4 Å². The van der Waals surface area contributed by atoms with Gasteiger partial charge in [-0.05, 0) is 43.9 Å². The maximum absolute atomic E-state index is 15.3. The molecule has 1 saturated carbocycles. The number of aryl methyl sites for hydroxylation is 1. The van der Waals surface area contributed by atoms with E-state index in [0.717, 1.165) is 11.1 Å². The Morgan fingerprint density at radius 2 is 1.83 bits per heavy atom. The first-order valence-electron chi connectivity index (χ1n) is 11.6. The summed E-state index contributed by atoms with van der Waals surface area (Å²) < 4.78 is 31.3. The minimum atomic E-state index is -1.63. The van der Waals surface area contributed by atoms with Crippen molar-refractivity contribution in [2.24, 2.45) is 7.05 Å². The topological polar surface area (TPSA) is 93.8 Å². The molecule has 0 spiro atoms. The minimum Gasteiger partial charge on any atom is -0.481 e. The lowest BCUT2D eigenvalue weighted by molar-refractivity contribution is -0.140. The van der Waals surface area contributed by atoms with E-state index in [-0.39, 0.29) is 17.8 Å². The van der Waals surface area contributed by atoms with E-state index in [1.54, 1.807) is 54.6 Å². The van der Waals surface area contributed by atoms with Gasteiger partial charge in [0.1, 0.15) is 17.2 Å². The number of benzene rings is 1. The van der Waals surface area contributed by atoms with Crippen LogP contribution in [0, 0.1) is 5.82 Å². The Hall–Kier alpha value is -4.01. The Morgan fingerprint density at radius 1 is 1.11 bits per heavy atom. The van der Waals surface area contributed by atoms with Crippen LogP contribution in [0.25, 0.3) is 22.4 Å². The molecule has 0 atom stereocenters. The molecule has 3 aromatic heterocycles. The molecule has 0 bridgehead atoms. The fourth-order valence-electron chi connectivity index (χ4n) is 4.35. The van der Waals surface area contributed by atoms with E-state index in [1.165, 1.54) is 26.1 Å². The zero-order valence-corrected chi connectivity index (χ0v) is 20.2. The lowest BCUT2D eigenvalue weighted by Gasteiger charge is -2.14. The second-order valence-corrected chi connectivity index (χ2v) is 9.69. The number of nitrogens with zero attached hydrogens (tertiary/aromatic N) is 5. The monoisotopic (exact) mass is 489 g/mol. The summed E-state index contributed by atoms with van der Waals surface area (Å²) in [6, 6.07) is 8.57. The second-order valence-electron chi connectivity index (χ2n) is 9.69. The van der Waals surface area contributed by atoms with Gasteiger partial charge in [0.2, 0.25) is 0 Å². The molecule has 5 rings (SSSR count). The summed E-state index contributed by atoms with van der Waals surface area (Å²) in [4.78, 5) is 24.4. The minimum absolute atomic E-state index is 0.149. The Balaban J connectivity index is 1.43. The first-order chi connectivity index (χ1) is 17.1. The maximum Gasteiger partial charge on any atom is 0.314 e. The van der Waals surface area contributed by atoms with Crippen LogP contribution in [0.3, 0.4) is 0 Å². The highest BCUT2D eigenvalue weighted by atomic mass is 19.1. The molecule has 0 aliphatic heterocycles. The number of carbonyl (C=O) groups is 1. The van der Waals surface area contributed by atoms with E-state index in [2.05, 4.69) is 20.1 Å². The summed E-state index contributed by atoms with van der Waals surface area (Å²) in [5.41, 5.74) is 1.75. The number of aromatic nitrogens is 5. The van der Waals surface area contributed by atoms with Crippen molar-refractivity contribution in [3.8, 4) is 22.4 Å². The number of carboxylic acids is 1. The third-order valence-corrected chi connectivity index (χ3v) is 6.73. The van der Waals surface area contributed by atoms with Crippen LogP contribution in [0.4, 0.5) is 8.78 Å². The Morgan fingerprint density at radius 3 is 2.44 bits per heavy atom.